The van der Waals surface area contributed by atoms with E-state index in [1.807, 2.05) is 6.92 Å². The van der Waals surface area contributed by atoms with Crippen LogP contribution in [0.3, 0.4) is 0 Å². The molecule has 4 amide bonds. The minimum Gasteiger partial charge on any atom is -0.447 e. The summed E-state index contributed by atoms with van der Waals surface area (Å²) in [7, 11) is 0. The van der Waals surface area contributed by atoms with Crippen LogP contribution in [0.4, 0.5) is 25.5 Å². The first-order chi connectivity index (χ1) is 17.7. The van der Waals surface area contributed by atoms with Crippen LogP contribution in [-0.4, -0.2) is 83.7 Å². The van der Waals surface area contributed by atoms with Gasteiger partial charge in [0.05, 0.1) is 35.4 Å². The maximum absolute atomic E-state index is 16.2. The second-order valence-electron chi connectivity index (χ2n) is 9.99. The summed E-state index contributed by atoms with van der Waals surface area (Å²) in [6.07, 6.45) is -3.13. The Morgan fingerprint density at radius 1 is 1.30 bits per heavy atom. The molecule has 6 rings (SSSR count). The highest BCUT2D eigenvalue weighted by molar-refractivity contribution is 6.04. The number of fused-ring (bicyclic) bond motifs is 5. The van der Waals surface area contributed by atoms with Crippen molar-refractivity contribution in [2.75, 3.05) is 29.6 Å². The molecule has 4 aliphatic heterocycles. The van der Waals surface area contributed by atoms with Gasteiger partial charge in [-0.15, -0.1) is 0 Å². The second-order valence-corrected chi connectivity index (χ2v) is 9.99. The molecule has 4 N–H and O–H groups in total. The maximum atomic E-state index is 16.2. The number of benzene rings is 1. The lowest BCUT2D eigenvalue weighted by Crippen LogP contribution is -2.76. The third-order valence-electron chi connectivity index (χ3n) is 7.78. The molecule has 3 saturated heterocycles. The van der Waals surface area contributed by atoms with Crippen molar-refractivity contribution in [3.05, 3.63) is 17.4 Å². The van der Waals surface area contributed by atoms with E-state index in [1.54, 1.807) is 17.9 Å². The minimum absolute atomic E-state index is 0.0273. The summed E-state index contributed by atoms with van der Waals surface area (Å²) >= 11 is 0. The number of aromatic nitrogens is 1. The first-order valence-electron chi connectivity index (χ1n) is 12.1. The third-order valence-corrected chi connectivity index (χ3v) is 7.78. The minimum atomic E-state index is -1.59. The van der Waals surface area contributed by atoms with Crippen molar-refractivity contribution in [3.63, 3.8) is 0 Å². The predicted molar refractivity (Wildman–Crippen MR) is 123 cm³/mol. The van der Waals surface area contributed by atoms with Crippen LogP contribution in [0.25, 0.3) is 11.0 Å². The van der Waals surface area contributed by atoms with Crippen molar-refractivity contribution in [2.24, 2.45) is 5.41 Å². The topological polar surface area (TPSA) is 167 Å². The monoisotopic (exact) mass is 519 g/mol. The number of cyclic esters (lactones) is 1. The van der Waals surface area contributed by atoms with Gasteiger partial charge >= 0.3 is 12.1 Å². The molecule has 1 spiro atoms. The lowest BCUT2D eigenvalue weighted by molar-refractivity contribution is -0.155. The Labute approximate surface area is 209 Å². The molecule has 13 nitrogen and oxygen atoms in total. The lowest BCUT2D eigenvalue weighted by Gasteiger charge is -2.57. The largest absolute Gasteiger partial charge is 0.447 e. The van der Waals surface area contributed by atoms with Crippen molar-refractivity contribution in [1.29, 1.82) is 0 Å². The highest BCUT2D eigenvalue weighted by atomic mass is 19.1. The Kier molecular flexibility index (Phi) is 5.33. The summed E-state index contributed by atoms with van der Waals surface area (Å²) in [5.74, 6) is -1.40. The number of aliphatic hydroxyl groups excluding tert-OH is 2. The van der Waals surface area contributed by atoms with Gasteiger partial charge in [0.25, 0.3) is 0 Å². The van der Waals surface area contributed by atoms with E-state index in [4.69, 9.17) is 14.0 Å². The number of ether oxygens (including phenoxy) is 2. The smallest absolute Gasteiger partial charge is 0.416 e. The molecule has 14 heteroatoms. The molecule has 1 aromatic carbocycles. The summed E-state index contributed by atoms with van der Waals surface area (Å²) in [6.45, 7) is 3.59. The van der Waals surface area contributed by atoms with E-state index in [9.17, 15) is 24.6 Å². The highest BCUT2D eigenvalue weighted by Crippen LogP contribution is 2.50. The number of amides is 4. The highest BCUT2D eigenvalue weighted by Gasteiger charge is 2.63. The number of hydrogen-bond acceptors (Lipinski definition) is 10. The molecule has 1 aromatic heterocycles. The zero-order chi connectivity index (χ0) is 26.2. The van der Waals surface area contributed by atoms with E-state index in [-0.39, 0.29) is 61.2 Å². The average Bonchev–Trinajstić information content (AvgIpc) is 3.40. The summed E-state index contributed by atoms with van der Waals surface area (Å²) in [5, 5.41) is 29.3. The number of carbonyl (C=O) groups excluding carboxylic acids is 3. The maximum Gasteiger partial charge on any atom is 0.416 e. The number of morpholine rings is 1. The number of nitrogens with zero attached hydrogens (tertiary/aromatic N) is 3. The van der Waals surface area contributed by atoms with Gasteiger partial charge in [-0.25, -0.2) is 14.0 Å². The Morgan fingerprint density at radius 2 is 2.08 bits per heavy atom. The number of rotatable bonds is 3. The number of nitrogens with one attached hydrogen (secondary N) is 2. The van der Waals surface area contributed by atoms with E-state index in [2.05, 4.69) is 15.8 Å². The Balaban J connectivity index is 1.55. The van der Waals surface area contributed by atoms with Crippen LogP contribution < -0.4 is 20.4 Å². The number of hydrogen-bond donors (Lipinski definition) is 4. The fourth-order valence-electron chi connectivity index (χ4n) is 6.35. The third kappa shape index (κ3) is 3.25. The van der Waals surface area contributed by atoms with E-state index in [1.165, 1.54) is 4.90 Å². The molecule has 3 fully saturated rings. The van der Waals surface area contributed by atoms with E-state index in [0.29, 0.717) is 5.56 Å². The van der Waals surface area contributed by atoms with Crippen LogP contribution in [0.5, 0.6) is 0 Å². The van der Waals surface area contributed by atoms with Crippen LogP contribution in [0.1, 0.15) is 25.8 Å². The first-order valence-corrected chi connectivity index (χ1v) is 12.1. The van der Waals surface area contributed by atoms with Crippen molar-refractivity contribution in [3.8, 4) is 0 Å². The standard InChI is InChI=1S/C23H26FN5O8/c1-9-7-28-15-11(6-23(17(28)10(2)36-9)19(31)25-21(33)26-20(23)32)5-13-16(14(15)24)37-27-18(13)29-12(3-4-30)8-35-22(29)34/h5,9-10,12,17,19,30-31H,3-4,6-8H2,1-2H3,(H2,25,26,32,33)/t9-,10+,12+,17-,19?,23?/m1/s1. The van der Waals surface area contributed by atoms with Crippen molar-refractivity contribution < 1.29 is 43.0 Å². The molecule has 37 heavy (non-hydrogen) atoms. The zero-order valence-electron chi connectivity index (χ0n) is 20.1. The van der Waals surface area contributed by atoms with Crippen molar-refractivity contribution in [1.82, 2.24) is 15.8 Å². The van der Waals surface area contributed by atoms with E-state index < -0.39 is 53.7 Å². The normalized spacial score (nSPS) is 33.3. The van der Waals surface area contributed by atoms with E-state index >= 15 is 4.39 Å². The molecule has 0 aliphatic carbocycles. The van der Waals surface area contributed by atoms with Gasteiger partial charge in [-0.2, -0.15) is 0 Å². The lowest BCUT2D eigenvalue weighted by atomic mass is 9.66. The quantitative estimate of drug-likeness (QED) is 0.445. The molecular formula is C23H26FN5O8. The van der Waals surface area contributed by atoms with Gasteiger partial charge in [0.1, 0.15) is 18.2 Å². The molecule has 0 radical (unpaired) electrons. The molecule has 6 atom stereocenters. The summed E-state index contributed by atoms with van der Waals surface area (Å²) in [4.78, 5) is 40.7. The summed E-state index contributed by atoms with van der Waals surface area (Å²) in [6, 6.07) is -0.588. The fourth-order valence-corrected chi connectivity index (χ4v) is 6.35. The Bertz CT molecular complexity index is 1320. The van der Waals surface area contributed by atoms with Crippen molar-refractivity contribution >= 4 is 40.5 Å². The molecular weight excluding hydrogens is 493 g/mol. The predicted octanol–water partition coefficient (Wildman–Crippen LogP) is 0.357. The molecule has 0 saturated carbocycles. The van der Waals surface area contributed by atoms with Gasteiger partial charge in [-0.3, -0.25) is 15.0 Å². The summed E-state index contributed by atoms with van der Waals surface area (Å²) < 4.78 is 32.7. The molecule has 2 aromatic rings. The number of aliphatic hydroxyl groups is 2. The second kappa shape index (κ2) is 8.26. The molecule has 5 heterocycles. The molecule has 2 unspecified atom stereocenters. The van der Waals surface area contributed by atoms with Crippen LogP contribution in [0.15, 0.2) is 10.6 Å². The van der Waals surface area contributed by atoms with Gasteiger partial charge in [0, 0.05) is 13.2 Å². The molecule has 4 aliphatic rings. The zero-order valence-corrected chi connectivity index (χ0v) is 20.1. The SMILES string of the molecule is C[C@@H]1CN2c3c(cc4c(N5C(=O)OC[C@@H]5CCO)noc4c3F)CC3(C(=O)NC(=O)NC3O)[C@H]2[C@H](C)O1. The summed E-state index contributed by atoms with van der Waals surface area (Å²) in [5.41, 5.74) is -1.23. The van der Waals surface area contributed by atoms with Gasteiger partial charge in [-0.05, 0) is 38.3 Å². The molecule has 0 bridgehead atoms. The number of carbonyl (C=O) groups is 3. The van der Waals surface area contributed by atoms with Crippen LogP contribution in [-0.2, 0) is 20.7 Å². The molecule has 198 valence electrons. The number of imide groups is 1. The number of urea groups is 1. The first kappa shape index (κ1) is 23.9. The number of anilines is 2. The Morgan fingerprint density at radius 3 is 2.81 bits per heavy atom. The number of halogens is 1. The Hall–Kier alpha value is -3.49. The van der Waals surface area contributed by atoms with Crippen LogP contribution in [0, 0.1) is 11.2 Å². The fraction of sp³-hybridized carbons (Fsp3) is 0.565. The van der Waals surface area contributed by atoms with E-state index in [0.717, 1.165) is 0 Å². The van der Waals surface area contributed by atoms with Gasteiger partial charge < -0.3 is 34.4 Å². The van der Waals surface area contributed by atoms with Crippen LogP contribution >= 0.6 is 0 Å². The van der Waals surface area contributed by atoms with Crippen molar-refractivity contribution in [2.45, 2.75) is 57.2 Å². The van der Waals surface area contributed by atoms with Crippen LogP contribution in [0.2, 0.25) is 0 Å². The van der Waals surface area contributed by atoms with Gasteiger partial charge in [0.2, 0.25) is 11.5 Å². The van der Waals surface area contributed by atoms with Gasteiger partial charge in [-0.1, -0.05) is 5.16 Å². The average molecular weight is 519 g/mol. The van der Waals surface area contributed by atoms with Gasteiger partial charge in [0.15, 0.2) is 11.6 Å².